The number of hydrogen-bond donors (Lipinski definition) is 1. The quantitative estimate of drug-likeness (QED) is 0.786. The maximum absolute atomic E-state index is 5.70. The van der Waals surface area contributed by atoms with Crippen LogP contribution < -0.4 is 5.32 Å². The number of rotatable bonds is 4. The number of likely N-dealkylation sites (tertiary alicyclic amines) is 1. The molecule has 16 heavy (non-hydrogen) atoms. The second kappa shape index (κ2) is 5.99. The van der Waals surface area contributed by atoms with Crippen LogP contribution in [0.5, 0.6) is 0 Å². The zero-order valence-electron chi connectivity index (χ0n) is 10.7. The largest absolute Gasteiger partial charge is 0.377 e. The lowest BCUT2D eigenvalue weighted by atomic mass is 9.98. The third-order valence-electron chi connectivity index (χ3n) is 3.97. The van der Waals surface area contributed by atoms with Gasteiger partial charge in [-0.2, -0.15) is 0 Å². The van der Waals surface area contributed by atoms with Gasteiger partial charge in [0.15, 0.2) is 0 Å². The first-order valence-corrected chi connectivity index (χ1v) is 6.79. The van der Waals surface area contributed by atoms with E-state index < -0.39 is 0 Å². The molecule has 0 spiro atoms. The van der Waals surface area contributed by atoms with E-state index in [1.807, 2.05) is 0 Å². The van der Waals surface area contributed by atoms with Crippen LogP contribution in [-0.4, -0.2) is 50.3 Å². The van der Waals surface area contributed by atoms with E-state index in [2.05, 4.69) is 24.2 Å². The molecule has 0 radical (unpaired) electrons. The number of nitrogens with one attached hydrogen (secondary N) is 1. The summed E-state index contributed by atoms with van der Waals surface area (Å²) >= 11 is 0. The summed E-state index contributed by atoms with van der Waals surface area (Å²) in [5.74, 6) is 0.836. The van der Waals surface area contributed by atoms with Gasteiger partial charge in [0, 0.05) is 19.2 Å². The van der Waals surface area contributed by atoms with Crippen LogP contribution in [0.3, 0.4) is 0 Å². The van der Waals surface area contributed by atoms with Gasteiger partial charge in [0.2, 0.25) is 0 Å². The van der Waals surface area contributed by atoms with Crippen molar-refractivity contribution in [2.24, 2.45) is 5.92 Å². The van der Waals surface area contributed by atoms with Crippen molar-refractivity contribution >= 4 is 0 Å². The molecule has 2 aliphatic heterocycles. The molecule has 2 rings (SSSR count). The molecular weight excluding hydrogens is 200 g/mol. The second-order valence-electron chi connectivity index (χ2n) is 5.52. The highest BCUT2D eigenvalue weighted by Gasteiger charge is 2.23. The van der Waals surface area contributed by atoms with Gasteiger partial charge in [-0.15, -0.1) is 0 Å². The van der Waals surface area contributed by atoms with E-state index >= 15 is 0 Å². The van der Waals surface area contributed by atoms with E-state index in [9.17, 15) is 0 Å². The molecule has 94 valence electrons. The Kier molecular flexibility index (Phi) is 4.62. The summed E-state index contributed by atoms with van der Waals surface area (Å²) in [7, 11) is 2.23. The predicted molar refractivity (Wildman–Crippen MR) is 66.7 cm³/mol. The van der Waals surface area contributed by atoms with Gasteiger partial charge in [-0.05, 0) is 58.7 Å². The van der Waals surface area contributed by atoms with Gasteiger partial charge in [0.05, 0.1) is 6.10 Å². The molecule has 0 saturated carbocycles. The summed E-state index contributed by atoms with van der Waals surface area (Å²) in [6.45, 7) is 6.92. The lowest BCUT2D eigenvalue weighted by Gasteiger charge is -2.31. The maximum Gasteiger partial charge on any atom is 0.0726 e. The molecule has 0 bridgehead atoms. The number of nitrogens with zero attached hydrogens (tertiary/aromatic N) is 1. The van der Waals surface area contributed by atoms with Crippen LogP contribution in [0.1, 0.15) is 32.6 Å². The third-order valence-corrected chi connectivity index (χ3v) is 3.97. The summed E-state index contributed by atoms with van der Waals surface area (Å²) in [5, 5.41) is 3.66. The van der Waals surface area contributed by atoms with Crippen LogP contribution in [0.25, 0.3) is 0 Å². The summed E-state index contributed by atoms with van der Waals surface area (Å²) in [6.07, 6.45) is 5.68. The molecule has 2 fully saturated rings. The minimum Gasteiger partial charge on any atom is -0.377 e. The lowest BCUT2D eigenvalue weighted by Crippen LogP contribution is -2.43. The first kappa shape index (κ1) is 12.3. The van der Waals surface area contributed by atoms with Crippen molar-refractivity contribution in [3.05, 3.63) is 0 Å². The van der Waals surface area contributed by atoms with Crippen LogP contribution in [-0.2, 0) is 4.74 Å². The van der Waals surface area contributed by atoms with Crippen LogP contribution in [0.4, 0.5) is 0 Å². The minimum atomic E-state index is 0.460. The maximum atomic E-state index is 5.70. The highest BCUT2D eigenvalue weighted by molar-refractivity contribution is 4.79. The van der Waals surface area contributed by atoms with Gasteiger partial charge in [0.25, 0.3) is 0 Å². The average Bonchev–Trinajstić information content (AvgIpc) is 2.79. The molecule has 0 aromatic rings. The molecule has 3 atom stereocenters. The van der Waals surface area contributed by atoms with E-state index in [4.69, 9.17) is 4.74 Å². The Morgan fingerprint density at radius 1 is 1.38 bits per heavy atom. The zero-order valence-corrected chi connectivity index (χ0v) is 10.7. The fraction of sp³-hybridized carbons (Fsp3) is 1.00. The molecule has 0 aliphatic carbocycles. The molecule has 2 saturated heterocycles. The van der Waals surface area contributed by atoms with Crippen molar-refractivity contribution in [3.63, 3.8) is 0 Å². The minimum absolute atomic E-state index is 0.460. The number of piperidine rings is 1. The number of ether oxygens (including phenoxy) is 1. The Balaban J connectivity index is 1.65. The molecular formula is C13H26N2O. The van der Waals surface area contributed by atoms with Gasteiger partial charge in [-0.1, -0.05) is 0 Å². The molecule has 3 heteroatoms. The molecule has 0 amide bonds. The van der Waals surface area contributed by atoms with Gasteiger partial charge < -0.3 is 15.0 Å². The van der Waals surface area contributed by atoms with Crippen LogP contribution >= 0.6 is 0 Å². The summed E-state index contributed by atoms with van der Waals surface area (Å²) in [5.41, 5.74) is 0. The van der Waals surface area contributed by atoms with Crippen molar-refractivity contribution in [2.75, 3.05) is 33.3 Å². The molecule has 0 aromatic heterocycles. The SMILES string of the molecule is CC(NCC1CCCN(C)C1)C1CCCO1. The molecule has 2 heterocycles. The standard InChI is InChI=1S/C13H26N2O/c1-11(13-6-4-8-16-13)14-9-12-5-3-7-15(2)10-12/h11-14H,3-10H2,1-2H3. The van der Waals surface area contributed by atoms with E-state index in [-0.39, 0.29) is 0 Å². The first-order chi connectivity index (χ1) is 7.75. The second-order valence-corrected chi connectivity index (χ2v) is 5.52. The van der Waals surface area contributed by atoms with Crippen molar-refractivity contribution < 1.29 is 4.74 Å². The van der Waals surface area contributed by atoms with Crippen molar-refractivity contribution in [3.8, 4) is 0 Å². The van der Waals surface area contributed by atoms with Crippen LogP contribution in [0.2, 0.25) is 0 Å². The Morgan fingerprint density at radius 2 is 2.25 bits per heavy atom. The Bertz CT molecular complexity index is 202. The summed E-state index contributed by atoms with van der Waals surface area (Å²) < 4.78 is 5.70. The van der Waals surface area contributed by atoms with Crippen LogP contribution in [0.15, 0.2) is 0 Å². The van der Waals surface area contributed by atoms with E-state index in [1.165, 1.54) is 38.8 Å². The summed E-state index contributed by atoms with van der Waals surface area (Å²) in [6, 6.07) is 0.523. The predicted octanol–water partition coefficient (Wildman–Crippen LogP) is 1.49. The van der Waals surface area contributed by atoms with Crippen molar-refractivity contribution in [1.82, 2.24) is 10.2 Å². The Hall–Kier alpha value is -0.120. The molecule has 0 aromatic carbocycles. The third kappa shape index (κ3) is 3.44. The normalized spacial score (nSPS) is 34.1. The monoisotopic (exact) mass is 226 g/mol. The average molecular weight is 226 g/mol. The first-order valence-electron chi connectivity index (χ1n) is 6.79. The van der Waals surface area contributed by atoms with Gasteiger partial charge in [-0.3, -0.25) is 0 Å². The van der Waals surface area contributed by atoms with Crippen LogP contribution in [0, 0.1) is 5.92 Å². The molecule has 3 unspecified atom stereocenters. The fourth-order valence-electron chi connectivity index (χ4n) is 2.92. The Labute approximate surface area is 99.5 Å². The van der Waals surface area contributed by atoms with Gasteiger partial charge >= 0.3 is 0 Å². The van der Waals surface area contributed by atoms with E-state index in [0.29, 0.717) is 12.1 Å². The molecule has 2 aliphatic rings. The fourth-order valence-corrected chi connectivity index (χ4v) is 2.92. The highest BCUT2D eigenvalue weighted by Crippen LogP contribution is 2.17. The molecule has 1 N–H and O–H groups in total. The van der Waals surface area contributed by atoms with E-state index in [0.717, 1.165) is 19.1 Å². The lowest BCUT2D eigenvalue weighted by molar-refractivity contribution is 0.0802. The van der Waals surface area contributed by atoms with Crippen molar-refractivity contribution in [1.29, 1.82) is 0 Å². The van der Waals surface area contributed by atoms with Crippen molar-refractivity contribution in [2.45, 2.75) is 44.8 Å². The van der Waals surface area contributed by atoms with E-state index in [1.54, 1.807) is 0 Å². The summed E-state index contributed by atoms with van der Waals surface area (Å²) in [4.78, 5) is 2.45. The Morgan fingerprint density at radius 3 is 2.94 bits per heavy atom. The van der Waals surface area contributed by atoms with Gasteiger partial charge in [-0.25, -0.2) is 0 Å². The topological polar surface area (TPSA) is 24.5 Å². The molecule has 3 nitrogen and oxygen atoms in total. The number of hydrogen-bond acceptors (Lipinski definition) is 3. The zero-order chi connectivity index (χ0) is 11.4. The van der Waals surface area contributed by atoms with Gasteiger partial charge in [0.1, 0.15) is 0 Å². The highest BCUT2D eigenvalue weighted by atomic mass is 16.5. The smallest absolute Gasteiger partial charge is 0.0726 e.